The van der Waals surface area contributed by atoms with Crippen LogP contribution in [0.4, 0.5) is 0 Å². The number of guanidine groups is 1. The highest BCUT2D eigenvalue weighted by Crippen LogP contribution is 2.19. The van der Waals surface area contributed by atoms with Gasteiger partial charge >= 0.3 is 0 Å². The monoisotopic (exact) mass is 386 g/mol. The molecule has 1 aromatic carbocycles. The molecule has 0 aliphatic heterocycles. The minimum absolute atomic E-state index is 0.158. The Morgan fingerprint density at radius 1 is 1.15 bits per heavy atom. The van der Waals surface area contributed by atoms with Crippen LogP contribution in [0.3, 0.4) is 0 Å². The average molecular weight is 387 g/mol. The molecule has 27 heavy (non-hydrogen) atoms. The van der Waals surface area contributed by atoms with E-state index in [1.807, 2.05) is 54.2 Å². The van der Waals surface area contributed by atoms with Gasteiger partial charge in [0, 0.05) is 30.1 Å². The Balaban J connectivity index is 1.95. The Morgan fingerprint density at radius 2 is 1.93 bits per heavy atom. The van der Waals surface area contributed by atoms with Crippen molar-refractivity contribution in [2.75, 3.05) is 19.3 Å². The summed E-state index contributed by atoms with van der Waals surface area (Å²) >= 11 is 1.84. The summed E-state index contributed by atoms with van der Waals surface area (Å²) in [7, 11) is 0. The molecule has 0 radical (unpaired) electrons. The highest BCUT2D eigenvalue weighted by Gasteiger charge is 2.16. The second-order valence-corrected chi connectivity index (χ2v) is 8.30. The molecule has 2 N–H and O–H groups in total. The zero-order chi connectivity index (χ0) is 19.5. The Labute approximate surface area is 167 Å². The lowest BCUT2D eigenvalue weighted by atomic mass is 10.2. The van der Waals surface area contributed by atoms with Gasteiger partial charge in [0.1, 0.15) is 6.61 Å². The molecule has 0 amide bonds. The van der Waals surface area contributed by atoms with E-state index in [-0.39, 0.29) is 4.75 Å². The van der Waals surface area contributed by atoms with E-state index in [1.165, 1.54) is 0 Å². The summed E-state index contributed by atoms with van der Waals surface area (Å²) in [6.45, 7) is 9.25. The third-order valence-electron chi connectivity index (χ3n) is 4.03. The van der Waals surface area contributed by atoms with Crippen molar-refractivity contribution in [2.45, 2.75) is 38.7 Å². The molecular formula is C21H30N4OS. The number of pyridine rings is 1. The van der Waals surface area contributed by atoms with Crippen LogP contribution in [0.15, 0.2) is 53.7 Å². The van der Waals surface area contributed by atoms with Crippen molar-refractivity contribution in [2.24, 2.45) is 4.99 Å². The Kier molecular flexibility index (Phi) is 8.45. The quantitative estimate of drug-likeness (QED) is 0.506. The molecule has 0 spiro atoms. The van der Waals surface area contributed by atoms with E-state index in [9.17, 15) is 0 Å². The number of aliphatic imine (C=N–C) groups is 1. The molecular weight excluding hydrogens is 356 g/mol. The third-order valence-corrected chi connectivity index (χ3v) is 5.28. The largest absolute Gasteiger partial charge is 0.473 e. The summed E-state index contributed by atoms with van der Waals surface area (Å²) in [5.41, 5.74) is 2.19. The van der Waals surface area contributed by atoms with Gasteiger partial charge in [-0.05, 0) is 44.2 Å². The first-order valence-corrected chi connectivity index (χ1v) is 10.4. The second-order valence-electron chi connectivity index (χ2n) is 6.79. The van der Waals surface area contributed by atoms with Gasteiger partial charge in [0.05, 0.1) is 6.54 Å². The van der Waals surface area contributed by atoms with Crippen LogP contribution in [0.1, 0.15) is 31.9 Å². The van der Waals surface area contributed by atoms with Gasteiger partial charge in [0.2, 0.25) is 5.88 Å². The number of nitrogens with zero attached hydrogens (tertiary/aromatic N) is 2. The van der Waals surface area contributed by atoms with E-state index in [0.717, 1.165) is 30.2 Å². The van der Waals surface area contributed by atoms with E-state index in [2.05, 4.69) is 47.6 Å². The third kappa shape index (κ3) is 7.91. The predicted octanol–water partition coefficient (Wildman–Crippen LogP) is 3.86. The van der Waals surface area contributed by atoms with E-state index in [4.69, 9.17) is 4.74 Å². The smallest absolute Gasteiger partial charge is 0.213 e. The van der Waals surface area contributed by atoms with Crippen molar-refractivity contribution in [3.63, 3.8) is 0 Å². The van der Waals surface area contributed by atoms with Crippen molar-refractivity contribution in [1.29, 1.82) is 0 Å². The molecule has 0 aliphatic carbocycles. The van der Waals surface area contributed by atoms with Crippen molar-refractivity contribution >= 4 is 17.7 Å². The summed E-state index contributed by atoms with van der Waals surface area (Å²) in [6, 6.07) is 14.0. The van der Waals surface area contributed by atoms with Crippen LogP contribution in [0.2, 0.25) is 0 Å². The lowest BCUT2D eigenvalue weighted by Gasteiger charge is -2.23. The van der Waals surface area contributed by atoms with Crippen LogP contribution in [-0.2, 0) is 13.2 Å². The molecule has 146 valence electrons. The fourth-order valence-electron chi connectivity index (χ4n) is 2.24. The Hall–Kier alpha value is -2.21. The van der Waals surface area contributed by atoms with Crippen LogP contribution in [-0.4, -0.2) is 35.0 Å². The number of benzene rings is 1. The van der Waals surface area contributed by atoms with Gasteiger partial charge in [-0.25, -0.2) is 9.98 Å². The van der Waals surface area contributed by atoms with Gasteiger partial charge in [0.25, 0.3) is 0 Å². The fourth-order valence-corrected chi connectivity index (χ4v) is 2.46. The molecule has 6 heteroatoms. The van der Waals surface area contributed by atoms with Crippen LogP contribution in [0.25, 0.3) is 0 Å². The number of hydrogen-bond donors (Lipinski definition) is 2. The number of rotatable bonds is 9. The van der Waals surface area contributed by atoms with Crippen molar-refractivity contribution in [3.8, 4) is 5.88 Å². The molecule has 0 fully saturated rings. The lowest BCUT2D eigenvalue weighted by Crippen LogP contribution is -2.43. The van der Waals surface area contributed by atoms with Gasteiger partial charge in [-0.3, -0.25) is 0 Å². The highest BCUT2D eigenvalue weighted by atomic mass is 32.2. The van der Waals surface area contributed by atoms with Crippen LogP contribution in [0.5, 0.6) is 5.88 Å². The minimum atomic E-state index is 0.158. The van der Waals surface area contributed by atoms with Crippen molar-refractivity contribution in [1.82, 2.24) is 15.6 Å². The summed E-state index contributed by atoms with van der Waals surface area (Å²) < 4.78 is 5.96. The number of hydrogen-bond acceptors (Lipinski definition) is 4. The van der Waals surface area contributed by atoms with Gasteiger partial charge in [0.15, 0.2) is 5.96 Å². The molecule has 0 bridgehead atoms. The number of thioether (sulfide) groups is 1. The molecule has 0 aliphatic rings. The molecule has 5 nitrogen and oxygen atoms in total. The summed E-state index contributed by atoms with van der Waals surface area (Å²) in [5.74, 6) is 1.44. The maximum Gasteiger partial charge on any atom is 0.213 e. The van der Waals surface area contributed by atoms with Gasteiger partial charge in [-0.2, -0.15) is 11.8 Å². The average Bonchev–Trinajstić information content (AvgIpc) is 2.70. The summed E-state index contributed by atoms with van der Waals surface area (Å²) in [6.07, 6.45) is 3.89. The fraction of sp³-hybridized carbons (Fsp3) is 0.429. The molecule has 0 saturated carbocycles. The molecule has 2 aromatic rings. The minimum Gasteiger partial charge on any atom is -0.473 e. The summed E-state index contributed by atoms with van der Waals surface area (Å²) in [4.78, 5) is 8.98. The van der Waals surface area contributed by atoms with Crippen LogP contribution >= 0.6 is 11.8 Å². The SMILES string of the molecule is CCNC(=NCc1ccnc(OCc2ccccc2)c1)NCC(C)(C)SC. The van der Waals surface area contributed by atoms with Crippen LogP contribution < -0.4 is 15.4 Å². The van der Waals surface area contributed by atoms with E-state index >= 15 is 0 Å². The van der Waals surface area contributed by atoms with E-state index < -0.39 is 0 Å². The molecule has 1 aromatic heterocycles. The maximum absolute atomic E-state index is 5.80. The molecule has 0 atom stereocenters. The first-order valence-electron chi connectivity index (χ1n) is 9.21. The highest BCUT2D eigenvalue weighted by molar-refractivity contribution is 7.99. The van der Waals surface area contributed by atoms with Gasteiger partial charge < -0.3 is 15.4 Å². The van der Waals surface area contributed by atoms with Crippen molar-refractivity contribution in [3.05, 3.63) is 59.8 Å². The zero-order valence-electron chi connectivity index (χ0n) is 16.7. The lowest BCUT2D eigenvalue weighted by molar-refractivity contribution is 0.293. The molecule has 2 rings (SSSR count). The van der Waals surface area contributed by atoms with E-state index in [0.29, 0.717) is 19.0 Å². The molecule has 0 saturated heterocycles. The normalized spacial score (nSPS) is 11.9. The predicted molar refractivity (Wildman–Crippen MR) is 115 cm³/mol. The zero-order valence-corrected chi connectivity index (χ0v) is 17.5. The second kappa shape index (κ2) is 10.8. The Morgan fingerprint density at radius 3 is 2.63 bits per heavy atom. The number of nitrogens with one attached hydrogen (secondary N) is 2. The standard InChI is InChI=1S/C21H30N4OS/c1-5-22-20(25-16-21(2,3)27-4)24-14-18-11-12-23-19(13-18)26-15-17-9-7-6-8-10-17/h6-13H,5,14-16H2,1-4H3,(H2,22,24,25). The first kappa shape index (κ1) is 21.1. The van der Waals surface area contributed by atoms with Gasteiger partial charge in [-0.15, -0.1) is 0 Å². The first-order chi connectivity index (χ1) is 13.0. The molecule has 0 unspecified atom stereocenters. The van der Waals surface area contributed by atoms with Crippen LogP contribution in [0, 0.1) is 0 Å². The maximum atomic E-state index is 5.80. The Bertz CT molecular complexity index is 719. The topological polar surface area (TPSA) is 58.5 Å². The van der Waals surface area contributed by atoms with Crippen molar-refractivity contribution < 1.29 is 4.74 Å². The van der Waals surface area contributed by atoms with Gasteiger partial charge in [-0.1, -0.05) is 30.3 Å². The number of ether oxygens (including phenoxy) is 1. The molecule has 1 heterocycles. The van der Waals surface area contributed by atoms with E-state index in [1.54, 1.807) is 6.20 Å². The summed E-state index contributed by atoms with van der Waals surface area (Å²) in [5, 5.41) is 6.71. The number of aromatic nitrogens is 1.